The summed E-state index contributed by atoms with van der Waals surface area (Å²) >= 11 is 0. The first-order valence-corrected chi connectivity index (χ1v) is 14.9. The van der Waals surface area contributed by atoms with E-state index in [1.54, 1.807) is 32.4 Å². The van der Waals surface area contributed by atoms with Gasteiger partial charge in [0.1, 0.15) is 23.9 Å². The second-order valence-electron chi connectivity index (χ2n) is 11.9. The first-order valence-electron chi connectivity index (χ1n) is 14.9. The molecule has 1 saturated heterocycles. The number of ether oxygens (including phenoxy) is 1. The summed E-state index contributed by atoms with van der Waals surface area (Å²) < 4.78 is 5.23. The van der Waals surface area contributed by atoms with Gasteiger partial charge in [-0.3, -0.25) is 29.1 Å². The Labute approximate surface area is 254 Å². The number of amides is 4. The zero-order chi connectivity index (χ0) is 31.5. The molecule has 4 atom stereocenters. The van der Waals surface area contributed by atoms with Crippen LogP contribution in [0.25, 0.3) is 0 Å². The van der Waals surface area contributed by atoms with Crippen LogP contribution in [0.5, 0.6) is 5.75 Å². The molecule has 3 rings (SSSR count). The zero-order valence-electron chi connectivity index (χ0n) is 26.1. The predicted molar refractivity (Wildman–Crippen MR) is 164 cm³/mol. The number of methoxy groups -OCH3 is 1. The van der Waals surface area contributed by atoms with Crippen molar-refractivity contribution >= 4 is 23.6 Å². The first kappa shape index (κ1) is 33.5. The normalized spacial score (nSPS) is 23.1. The average Bonchev–Trinajstić information content (AvgIpc) is 2.96. The summed E-state index contributed by atoms with van der Waals surface area (Å²) in [5, 5.41) is 11.6. The van der Waals surface area contributed by atoms with Crippen LogP contribution < -0.4 is 26.0 Å². The minimum absolute atomic E-state index is 0.000445. The number of benzene rings is 1. The Morgan fingerprint density at radius 3 is 2.19 bits per heavy atom. The van der Waals surface area contributed by atoms with E-state index >= 15 is 0 Å². The minimum atomic E-state index is -0.977. The fourth-order valence-electron chi connectivity index (χ4n) is 4.92. The summed E-state index contributed by atoms with van der Waals surface area (Å²) in [6.07, 6.45) is 2.27. The smallest absolute Gasteiger partial charge is 0.243 e. The molecule has 2 heterocycles. The molecule has 0 bridgehead atoms. The van der Waals surface area contributed by atoms with Crippen molar-refractivity contribution in [3.63, 3.8) is 0 Å². The molecule has 43 heavy (non-hydrogen) atoms. The van der Waals surface area contributed by atoms with Gasteiger partial charge in [0.15, 0.2) is 0 Å². The van der Waals surface area contributed by atoms with Crippen molar-refractivity contribution in [3.8, 4) is 5.75 Å². The lowest BCUT2D eigenvalue weighted by Crippen LogP contribution is -2.57. The van der Waals surface area contributed by atoms with Gasteiger partial charge < -0.3 is 26.0 Å². The summed E-state index contributed by atoms with van der Waals surface area (Å²) in [4.78, 5) is 60.1. The van der Waals surface area contributed by atoms with Gasteiger partial charge >= 0.3 is 0 Å². The Morgan fingerprint density at radius 1 is 0.884 bits per heavy atom. The summed E-state index contributed by atoms with van der Waals surface area (Å²) in [5.74, 6) is -0.823. The van der Waals surface area contributed by atoms with E-state index in [4.69, 9.17) is 4.74 Å². The molecule has 1 aliphatic rings. The molecule has 0 spiro atoms. The molecule has 4 amide bonds. The number of carbonyl (C=O) groups is 4. The van der Waals surface area contributed by atoms with Crippen LogP contribution in [0.3, 0.4) is 0 Å². The van der Waals surface area contributed by atoms with E-state index in [9.17, 15) is 19.2 Å². The number of pyridine rings is 1. The standard InChI is InChI=1S/C32H46N6O5/c1-20(2)15-26-32(42)36-27(16-23-10-12-25(43-6)13-11-23)31(41)34-22(5)30(40)37-28(21(3)4)18-38(19-29(39)35-26)17-24-9-7-8-14-33-24/h7-14,20-22,26-28H,15-19H2,1-6H3,(H,34,41)(H,35,39)(H,36,42)(H,37,40)/t22-,26+,27+,28-/m1/s1. The van der Waals surface area contributed by atoms with Gasteiger partial charge in [-0.25, -0.2) is 0 Å². The monoisotopic (exact) mass is 594 g/mol. The summed E-state index contributed by atoms with van der Waals surface area (Å²) in [6.45, 7) is 10.3. The molecule has 1 fully saturated rings. The van der Waals surface area contributed by atoms with Crippen LogP contribution in [0.4, 0.5) is 0 Å². The topological polar surface area (TPSA) is 142 Å². The number of carbonyl (C=O) groups excluding carboxylic acids is 4. The van der Waals surface area contributed by atoms with Gasteiger partial charge in [-0.1, -0.05) is 45.9 Å². The molecule has 1 aromatic heterocycles. The molecular weight excluding hydrogens is 548 g/mol. The second-order valence-corrected chi connectivity index (χ2v) is 11.9. The lowest BCUT2D eigenvalue weighted by Gasteiger charge is -2.31. The second kappa shape index (κ2) is 16.0. The number of hydrogen-bond acceptors (Lipinski definition) is 7. The van der Waals surface area contributed by atoms with Crippen LogP contribution in [-0.4, -0.2) is 77.9 Å². The molecular formula is C32H46N6O5. The van der Waals surface area contributed by atoms with Crippen molar-refractivity contribution in [1.82, 2.24) is 31.2 Å². The van der Waals surface area contributed by atoms with E-state index in [1.807, 2.05) is 62.9 Å². The van der Waals surface area contributed by atoms with Crippen LogP contribution in [-0.2, 0) is 32.1 Å². The van der Waals surface area contributed by atoms with Crippen molar-refractivity contribution in [2.75, 3.05) is 20.2 Å². The van der Waals surface area contributed by atoms with Crippen LogP contribution in [0.15, 0.2) is 48.7 Å². The number of nitrogens with one attached hydrogen (secondary N) is 4. The highest BCUT2D eigenvalue weighted by atomic mass is 16.5. The van der Waals surface area contributed by atoms with Crippen molar-refractivity contribution in [3.05, 3.63) is 59.9 Å². The minimum Gasteiger partial charge on any atom is -0.497 e. The number of nitrogens with zero attached hydrogens (tertiary/aromatic N) is 2. The van der Waals surface area contributed by atoms with Crippen molar-refractivity contribution in [1.29, 1.82) is 0 Å². The largest absolute Gasteiger partial charge is 0.497 e. The molecule has 1 aromatic carbocycles. The molecule has 0 aliphatic carbocycles. The fourth-order valence-corrected chi connectivity index (χ4v) is 4.92. The van der Waals surface area contributed by atoms with Gasteiger partial charge in [0, 0.05) is 31.7 Å². The summed E-state index contributed by atoms with van der Waals surface area (Å²) in [5.41, 5.74) is 1.58. The Kier molecular flexibility index (Phi) is 12.5. The van der Waals surface area contributed by atoms with Crippen molar-refractivity contribution in [2.45, 2.75) is 78.2 Å². The third-order valence-corrected chi connectivity index (χ3v) is 7.41. The fraction of sp³-hybridized carbons (Fsp3) is 0.531. The number of hydrogen-bond donors (Lipinski definition) is 4. The molecule has 11 heteroatoms. The average molecular weight is 595 g/mol. The van der Waals surface area contributed by atoms with Gasteiger partial charge in [0.05, 0.1) is 19.3 Å². The maximum Gasteiger partial charge on any atom is 0.243 e. The van der Waals surface area contributed by atoms with Gasteiger partial charge in [-0.05, 0) is 55.0 Å². The Balaban J connectivity index is 1.94. The van der Waals surface area contributed by atoms with Gasteiger partial charge in [0.25, 0.3) is 0 Å². The number of aromatic nitrogens is 1. The van der Waals surface area contributed by atoms with Crippen molar-refractivity contribution < 1.29 is 23.9 Å². The lowest BCUT2D eigenvalue weighted by atomic mass is 10.0. The lowest BCUT2D eigenvalue weighted by molar-refractivity contribution is -0.133. The Bertz CT molecular complexity index is 1220. The molecule has 234 valence electrons. The van der Waals surface area contributed by atoms with E-state index in [1.165, 1.54) is 0 Å². The quantitative estimate of drug-likeness (QED) is 0.365. The van der Waals surface area contributed by atoms with Crippen LogP contribution in [0.1, 0.15) is 52.3 Å². The van der Waals surface area contributed by atoms with Crippen LogP contribution in [0.2, 0.25) is 0 Å². The molecule has 2 aromatic rings. The van der Waals surface area contributed by atoms with Gasteiger partial charge in [-0.15, -0.1) is 0 Å². The van der Waals surface area contributed by atoms with E-state index < -0.39 is 29.9 Å². The zero-order valence-corrected chi connectivity index (χ0v) is 26.1. The van der Waals surface area contributed by atoms with Crippen molar-refractivity contribution in [2.24, 2.45) is 11.8 Å². The molecule has 11 nitrogen and oxygen atoms in total. The number of rotatable bonds is 8. The third kappa shape index (κ3) is 10.7. The highest BCUT2D eigenvalue weighted by Crippen LogP contribution is 2.14. The van der Waals surface area contributed by atoms with E-state index in [0.717, 1.165) is 11.3 Å². The van der Waals surface area contributed by atoms with Gasteiger partial charge in [0.2, 0.25) is 23.6 Å². The predicted octanol–water partition coefficient (Wildman–Crippen LogP) is 1.81. The summed E-state index contributed by atoms with van der Waals surface area (Å²) in [7, 11) is 1.57. The van der Waals surface area contributed by atoms with Crippen LogP contribution >= 0.6 is 0 Å². The molecule has 0 saturated carbocycles. The van der Waals surface area contributed by atoms with Crippen LogP contribution in [0, 0.1) is 11.8 Å². The van der Waals surface area contributed by atoms with E-state index in [-0.39, 0.29) is 42.7 Å². The van der Waals surface area contributed by atoms with Gasteiger partial charge in [-0.2, -0.15) is 0 Å². The highest BCUT2D eigenvalue weighted by Gasteiger charge is 2.31. The maximum atomic E-state index is 13.6. The third-order valence-electron chi connectivity index (χ3n) is 7.41. The Morgan fingerprint density at radius 2 is 1.58 bits per heavy atom. The summed E-state index contributed by atoms with van der Waals surface area (Å²) in [6, 6.07) is 9.80. The molecule has 0 radical (unpaired) electrons. The molecule has 4 N–H and O–H groups in total. The van der Waals surface area contributed by atoms with E-state index in [2.05, 4.69) is 26.3 Å². The van der Waals surface area contributed by atoms with E-state index in [0.29, 0.717) is 25.3 Å². The maximum absolute atomic E-state index is 13.6. The highest BCUT2D eigenvalue weighted by molar-refractivity contribution is 5.94. The molecule has 0 unspecified atom stereocenters. The first-order chi connectivity index (χ1) is 20.4. The SMILES string of the molecule is COc1ccc(C[C@@H]2NC(=O)[C@H](CC(C)C)NC(=O)CN(Cc3ccccn3)C[C@H](C(C)C)NC(=O)[C@@H](C)NC2=O)cc1. The molecule has 1 aliphatic heterocycles. The Hall–Kier alpha value is -3.99.